The largest absolute Gasteiger partial charge is 0.492 e. The first kappa shape index (κ1) is 17.6. The number of hydrogen-bond acceptors (Lipinski definition) is 4. The number of halogens is 1. The lowest BCUT2D eigenvalue weighted by molar-refractivity contribution is 0.0965. The van der Waals surface area contributed by atoms with Gasteiger partial charge in [0.05, 0.1) is 17.2 Å². The van der Waals surface area contributed by atoms with Crippen LogP contribution in [0, 0.1) is 0 Å². The number of carbonyl (C=O) groups excluding carboxylic acids is 2. The Bertz CT molecular complexity index is 722. The van der Waals surface area contributed by atoms with Crippen LogP contribution in [0.15, 0.2) is 48.5 Å². The fraction of sp³-hybridized carbons (Fsp3) is 0.176. The zero-order valence-corrected chi connectivity index (χ0v) is 13.7. The molecule has 0 heterocycles. The summed E-state index contributed by atoms with van der Waals surface area (Å²) in [5.74, 6) is 0.0521. The van der Waals surface area contributed by atoms with Crippen LogP contribution < -0.4 is 21.1 Å². The second-order valence-electron chi connectivity index (χ2n) is 4.93. The van der Waals surface area contributed by atoms with E-state index in [1.807, 2.05) is 12.1 Å². The molecule has 2 aromatic rings. The Labute approximate surface area is 144 Å². The number of nitrogen functional groups attached to an aromatic ring is 1. The molecule has 0 spiro atoms. The number of rotatable bonds is 6. The molecule has 0 aliphatic carbocycles. The quantitative estimate of drug-likeness (QED) is 0.553. The molecular formula is C17H18ClN3O3. The van der Waals surface area contributed by atoms with Crippen molar-refractivity contribution < 1.29 is 14.3 Å². The van der Waals surface area contributed by atoms with Gasteiger partial charge in [-0.1, -0.05) is 35.9 Å². The van der Waals surface area contributed by atoms with Crippen LogP contribution in [-0.4, -0.2) is 25.1 Å². The molecule has 0 aromatic heterocycles. The molecule has 0 atom stereocenters. The molecule has 0 fully saturated rings. The van der Waals surface area contributed by atoms with E-state index in [2.05, 4.69) is 10.6 Å². The molecule has 0 unspecified atom stereocenters. The maximum Gasteiger partial charge on any atom is 0.321 e. The van der Waals surface area contributed by atoms with Gasteiger partial charge in [0.25, 0.3) is 5.91 Å². The van der Waals surface area contributed by atoms with E-state index < -0.39 is 11.9 Å². The highest BCUT2D eigenvalue weighted by atomic mass is 35.5. The van der Waals surface area contributed by atoms with Gasteiger partial charge in [-0.15, -0.1) is 0 Å². The van der Waals surface area contributed by atoms with E-state index in [1.165, 1.54) is 0 Å². The first-order chi connectivity index (χ1) is 11.6. The third-order valence-electron chi connectivity index (χ3n) is 3.13. The van der Waals surface area contributed by atoms with Crippen LogP contribution in [0.2, 0.25) is 5.02 Å². The summed E-state index contributed by atoms with van der Waals surface area (Å²) in [4.78, 5) is 23.6. The van der Waals surface area contributed by atoms with Crippen molar-refractivity contribution in [3.8, 4) is 5.75 Å². The number of imide groups is 1. The first-order valence-electron chi connectivity index (χ1n) is 7.39. The topological polar surface area (TPSA) is 93.5 Å². The third kappa shape index (κ3) is 5.17. The molecule has 2 rings (SSSR count). The van der Waals surface area contributed by atoms with E-state index in [1.54, 1.807) is 36.4 Å². The highest BCUT2D eigenvalue weighted by Gasteiger charge is 2.12. The van der Waals surface area contributed by atoms with E-state index in [0.717, 1.165) is 0 Å². The number of hydrogen-bond donors (Lipinski definition) is 3. The molecular weight excluding hydrogens is 330 g/mol. The molecule has 4 N–H and O–H groups in total. The molecule has 6 nitrogen and oxygen atoms in total. The average molecular weight is 348 g/mol. The van der Waals surface area contributed by atoms with Crippen LogP contribution in [0.5, 0.6) is 5.75 Å². The lowest BCUT2D eigenvalue weighted by Gasteiger charge is -2.09. The van der Waals surface area contributed by atoms with Crippen LogP contribution >= 0.6 is 11.6 Å². The summed E-state index contributed by atoms with van der Waals surface area (Å²) in [7, 11) is 0. The maximum atomic E-state index is 11.9. The number of carbonyl (C=O) groups is 2. The Balaban J connectivity index is 1.68. The zero-order valence-electron chi connectivity index (χ0n) is 12.9. The summed E-state index contributed by atoms with van der Waals surface area (Å²) in [5, 5.41) is 5.34. The molecule has 126 valence electrons. The summed E-state index contributed by atoms with van der Waals surface area (Å²) in [5.41, 5.74) is 6.26. The Morgan fingerprint density at radius 2 is 1.79 bits per heavy atom. The molecule has 0 aliphatic heterocycles. The predicted molar refractivity (Wildman–Crippen MR) is 93.3 cm³/mol. The molecule has 7 heteroatoms. The second kappa shape index (κ2) is 8.79. The van der Waals surface area contributed by atoms with Crippen LogP contribution in [0.4, 0.5) is 10.5 Å². The SMILES string of the molecule is Nc1ccccc1C(=O)NC(=O)NCCCOc1ccccc1Cl. The van der Waals surface area contributed by atoms with Crippen molar-refractivity contribution in [3.63, 3.8) is 0 Å². The predicted octanol–water partition coefficient (Wildman–Crippen LogP) is 2.83. The van der Waals surface area contributed by atoms with E-state index >= 15 is 0 Å². The summed E-state index contributed by atoms with van der Waals surface area (Å²) in [6.07, 6.45) is 0.570. The number of nitrogens with one attached hydrogen (secondary N) is 2. The van der Waals surface area contributed by atoms with Gasteiger partial charge in [0.1, 0.15) is 5.75 Å². The van der Waals surface area contributed by atoms with E-state index in [-0.39, 0.29) is 5.56 Å². The molecule has 0 bridgehead atoms. The molecule has 2 aromatic carbocycles. The lowest BCUT2D eigenvalue weighted by atomic mass is 10.2. The van der Waals surface area contributed by atoms with Gasteiger partial charge >= 0.3 is 6.03 Å². The molecule has 3 amide bonds. The van der Waals surface area contributed by atoms with Gasteiger partial charge in [-0.05, 0) is 30.7 Å². The lowest BCUT2D eigenvalue weighted by Crippen LogP contribution is -2.40. The number of benzene rings is 2. The summed E-state index contributed by atoms with van der Waals surface area (Å²) in [6, 6.07) is 13.1. The second-order valence-corrected chi connectivity index (χ2v) is 5.34. The third-order valence-corrected chi connectivity index (χ3v) is 3.45. The van der Waals surface area contributed by atoms with Gasteiger partial charge in [0.15, 0.2) is 0 Å². The molecule has 0 aliphatic rings. The Morgan fingerprint density at radius 3 is 2.54 bits per heavy atom. The van der Waals surface area contributed by atoms with E-state index in [9.17, 15) is 9.59 Å². The summed E-state index contributed by atoms with van der Waals surface area (Å²) < 4.78 is 5.50. The number of amides is 3. The monoisotopic (exact) mass is 347 g/mol. The smallest absolute Gasteiger partial charge is 0.321 e. The Morgan fingerprint density at radius 1 is 1.08 bits per heavy atom. The van der Waals surface area contributed by atoms with Crippen molar-refractivity contribution in [3.05, 3.63) is 59.1 Å². The van der Waals surface area contributed by atoms with Crippen LogP contribution in [-0.2, 0) is 0 Å². The molecule has 24 heavy (non-hydrogen) atoms. The highest BCUT2D eigenvalue weighted by Crippen LogP contribution is 2.22. The van der Waals surface area contributed by atoms with Crippen LogP contribution in [0.1, 0.15) is 16.8 Å². The van der Waals surface area contributed by atoms with Gasteiger partial charge in [-0.3, -0.25) is 10.1 Å². The standard InChI is InChI=1S/C17H18ClN3O3/c18-13-7-2-4-9-15(13)24-11-5-10-20-17(23)21-16(22)12-6-1-3-8-14(12)19/h1-4,6-9H,5,10-11,19H2,(H2,20,21,22,23). The normalized spacial score (nSPS) is 10.0. The molecule has 0 saturated heterocycles. The minimum Gasteiger partial charge on any atom is -0.492 e. The van der Waals surface area contributed by atoms with E-state index in [0.29, 0.717) is 36.0 Å². The van der Waals surface area contributed by atoms with Crippen LogP contribution in [0.3, 0.4) is 0 Å². The van der Waals surface area contributed by atoms with Crippen molar-refractivity contribution in [1.29, 1.82) is 0 Å². The van der Waals surface area contributed by atoms with Crippen molar-refractivity contribution >= 4 is 29.2 Å². The minimum absolute atomic E-state index is 0.259. The van der Waals surface area contributed by atoms with Crippen molar-refractivity contribution in [2.75, 3.05) is 18.9 Å². The maximum absolute atomic E-state index is 11.9. The molecule has 0 radical (unpaired) electrons. The summed E-state index contributed by atoms with van der Waals surface area (Å²) in [6.45, 7) is 0.747. The van der Waals surface area contributed by atoms with Gasteiger partial charge in [-0.25, -0.2) is 4.79 Å². The highest BCUT2D eigenvalue weighted by molar-refractivity contribution is 6.32. The van der Waals surface area contributed by atoms with Crippen molar-refractivity contribution in [1.82, 2.24) is 10.6 Å². The number of urea groups is 1. The van der Waals surface area contributed by atoms with Gasteiger partial charge in [-0.2, -0.15) is 0 Å². The van der Waals surface area contributed by atoms with Crippen molar-refractivity contribution in [2.45, 2.75) is 6.42 Å². The number of para-hydroxylation sites is 2. The van der Waals surface area contributed by atoms with Crippen LogP contribution in [0.25, 0.3) is 0 Å². The van der Waals surface area contributed by atoms with E-state index in [4.69, 9.17) is 22.1 Å². The zero-order chi connectivity index (χ0) is 17.4. The average Bonchev–Trinajstić information content (AvgIpc) is 2.56. The molecule has 0 saturated carbocycles. The number of anilines is 1. The first-order valence-corrected chi connectivity index (χ1v) is 7.76. The van der Waals surface area contributed by atoms with Gasteiger partial charge < -0.3 is 15.8 Å². The minimum atomic E-state index is -0.582. The Hall–Kier alpha value is -2.73. The fourth-order valence-corrected chi connectivity index (χ4v) is 2.13. The number of nitrogens with two attached hydrogens (primary N) is 1. The van der Waals surface area contributed by atoms with Gasteiger partial charge in [0.2, 0.25) is 0 Å². The number of ether oxygens (including phenoxy) is 1. The van der Waals surface area contributed by atoms with Crippen molar-refractivity contribution in [2.24, 2.45) is 0 Å². The summed E-state index contributed by atoms with van der Waals surface area (Å²) >= 11 is 5.96. The Kier molecular flexibility index (Phi) is 6.45. The van der Waals surface area contributed by atoms with Gasteiger partial charge in [0, 0.05) is 12.2 Å². The fourth-order valence-electron chi connectivity index (χ4n) is 1.94.